The number of rotatable bonds is 8. The van der Waals surface area contributed by atoms with Crippen molar-refractivity contribution in [2.45, 2.75) is 27.2 Å². The van der Waals surface area contributed by atoms with E-state index in [0.717, 1.165) is 12.2 Å². The molecule has 128 valence electrons. The van der Waals surface area contributed by atoms with Crippen LogP contribution < -0.4 is 4.90 Å². The summed E-state index contributed by atoms with van der Waals surface area (Å²) < 4.78 is 4.66. The number of amides is 1. The molecule has 0 saturated carbocycles. The Morgan fingerprint density at radius 3 is 2.26 bits per heavy atom. The molecule has 5 nitrogen and oxygen atoms in total. The molecule has 0 heterocycles. The number of carbonyl (C=O) groups excluding carboxylic acids is 2. The van der Waals surface area contributed by atoms with Crippen LogP contribution in [0.25, 0.3) is 0 Å². The molecule has 1 aromatic rings. The van der Waals surface area contributed by atoms with E-state index in [1.165, 1.54) is 7.11 Å². The predicted molar refractivity (Wildman–Crippen MR) is 92.8 cm³/mol. The van der Waals surface area contributed by atoms with Crippen LogP contribution in [0, 0.1) is 5.92 Å². The minimum Gasteiger partial charge on any atom is -0.469 e. The molecule has 0 radical (unpaired) electrons. The molecular weight excluding hydrogens is 292 g/mol. The van der Waals surface area contributed by atoms with Crippen LogP contribution in [0.4, 0.5) is 5.69 Å². The highest BCUT2D eigenvalue weighted by molar-refractivity contribution is 5.94. The van der Waals surface area contributed by atoms with Crippen LogP contribution in [-0.2, 0) is 9.53 Å². The Bertz CT molecular complexity index is 512. The minimum absolute atomic E-state index is 0.0479. The van der Waals surface area contributed by atoms with Gasteiger partial charge in [-0.2, -0.15) is 0 Å². The molecule has 0 N–H and O–H groups in total. The second-order valence-corrected chi connectivity index (χ2v) is 6.03. The van der Waals surface area contributed by atoms with E-state index in [9.17, 15) is 9.59 Å². The van der Waals surface area contributed by atoms with Gasteiger partial charge >= 0.3 is 5.97 Å². The molecule has 1 aromatic carbocycles. The van der Waals surface area contributed by atoms with Crippen LogP contribution in [0.2, 0.25) is 0 Å². The summed E-state index contributed by atoms with van der Waals surface area (Å²) in [7, 11) is 3.37. The first-order chi connectivity index (χ1) is 10.9. The molecule has 0 fully saturated rings. The zero-order chi connectivity index (χ0) is 17.4. The molecule has 0 saturated heterocycles. The number of anilines is 1. The standard InChI is InChI=1S/C18H28N2O3/c1-6-19(4)16-9-7-15(8-10-16)18(22)20(13-14(2)3)12-11-17(21)23-5/h7-10,14H,6,11-13H2,1-5H3. The van der Waals surface area contributed by atoms with Crippen molar-refractivity contribution in [3.8, 4) is 0 Å². The number of nitrogens with zero attached hydrogens (tertiary/aromatic N) is 2. The van der Waals surface area contributed by atoms with Crippen LogP contribution in [0.5, 0.6) is 0 Å². The molecule has 5 heteroatoms. The Morgan fingerprint density at radius 2 is 1.78 bits per heavy atom. The van der Waals surface area contributed by atoms with Crippen LogP contribution in [0.3, 0.4) is 0 Å². The number of hydrogen-bond donors (Lipinski definition) is 0. The Morgan fingerprint density at radius 1 is 1.17 bits per heavy atom. The molecule has 0 aliphatic heterocycles. The lowest BCUT2D eigenvalue weighted by Crippen LogP contribution is -2.36. The van der Waals surface area contributed by atoms with Crippen molar-refractivity contribution in [3.63, 3.8) is 0 Å². The molecule has 0 spiro atoms. The predicted octanol–water partition coefficient (Wildman–Crippen LogP) is 2.80. The molecule has 0 bridgehead atoms. The van der Waals surface area contributed by atoms with Gasteiger partial charge in [-0.3, -0.25) is 9.59 Å². The number of methoxy groups -OCH3 is 1. The first kappa shape index (κ1) is 19.0. The maximum Gasteiger partial charge on any atom is 0.307 e. The molecule has 0 atom stereocenters. The van der Waals surface area contributed by atoms with E-state index in [1.54, 1.807) is 4.90 Å². The second kappa shape index (κ2) is 9.18. The van der Waals surface area contributed by atoms with Gasteiger partial charge in [0.15, 0.2) is 0 Å². The summed E-state index contributed by atoms with van der Waals surface area (Å²) in [4.78, 5) is 27.9. The van der Waals surface area contributed by atoms with Gasteiger partial charge in [-0.25, -0.2) is 0 Å². The third kappa shape index (κ3) is 5.93. The Balaban J connectivity index is 2.84. The van der Waals surface area contributed by atoms with Crippen molar-refractivity contribution in [1.29, 1.82) is 0 Å². The number of carbonyl (C=O) groups is 2. The molecule has 23 heavy (non-hydrogen) atoms. The van der Waals surface area contributed by atoms with Crippen molar-refractivity contribution in [1.82, 2.24) is 4.90 Å². The first-order valence-electron chi connectivity index (χ1n) is 8.06. The minimum atomic E-state index is -0.300. The molecule has 0 aliphatic rings. The van der Waals surface area contributed by atoms with Gasteiger partial charge in [-0.1, -0.05) is 13.8 Å². The zero-order valence-electron chi connectivity index (χ0n) is 14.8. The largest absolute Gasteiger partial charge is 0.469 e. The third-order valence-electron chi connectivity index (χ3n) is 3.72. The summed E-state index contributed by atoms with van der Waals surface area (Å²) in [5.74, 6) is -0.0122. The van der Waals surface area contributed by atoms with E-state index < -0.39 is 0 Å². The Kier molecular flexibility index (Phi) is 7.59. The van der Waals surface area contributed by atoms with Gasteiger partial charge in [0.2, 0.25) is 0 Å². The number of benzene rings is 1. The Hall–Kier alpha value is -2.04. The van der Waals surface area contributed by atoms with Crippen LogP contribution in [-0.4, -0.2) is 50.6 Å². The lowest BCUT2D eigenvalue weighted by Gasteiger charge is -2.25. The van der Waals surface area contributed by atoms with Gasteiger partial charge in [0.1, 0.15) is 0 Å². The maximum absolute atomic E-state index is 12.7. The fourth-order valence-electron chi connectivity index (χ4n) is 2.27. The summed E-state index contributed by atoms with van der Waals surface area (Å²) in [5, 5.41) is 0. The van der Waals surface area contributed by atoms with Crippen molar-refractivity contribution in [2.24, 2.45) is 5.92 Å². The topological polar surface area (TPSA) is 49.9 Å². The zero-order valence-corrected chi connectivity index (χ0v) is 14.8. The van der Waals surface area contributed by atoms with Crippen LogP contribution in [0.15, 0.2) is 24.3 Å². The summed E-state index contributed by atoms with van der Waals surface area (Å²) in [6.07, 6.45) is 0.214. The van der Waals surface area contributed by atoms with Crippen LogP contribution in [0.1, 0.15) is 37.6 Å². The normalized spacial score (nSPS) is 10.5. The highest BCUT2D eigenvalue weighted by Crippen LogP contribution is 2.15. The summed E-state index contributed by atoms with van der Waals surface area (Å²) in [6.45, 7) is 8.09. The van der Waals surface area contributed by atoms with Crippen molar-refractivity contribution in [2.75, 3.05) is 38.7 Å². The number of hydrogen-bond acceptors (Lipinski definition) is 4. The lowest BCUT2D eigenvalue weighted by atomic mass is 10.1. The van der Waals surface area contributed by atoms with Crippen molar-refractivity contribution < 1.29 is 14.3 Å². The number of ether oxygens (including phenoxy) is 1. The van der Waals surface area contributed by atoms with Gasteiger partial charge in [0, 0.05) is 37.9 Å². The van der Waals surface area contributed by atoms with Gasteiger partial charge in [-0.05, 0) is 37.1 Å². The third-order valence-corrected chi connectivity index (χ3v) is 3.72. The van der Waals surface area contributed by atoms with Crippen molar-refractivity contribution in [3.05, 3.63) is 29.8 Å². The van der Waals surface area contributed by atoms with E-state index in [-0.39, 0.29) is 18.3 Å². The van der Waals surface area contributed by atoms with Gasteiger partial charge in [0.05, 0.1) is 13.5 Å². The van der Waals surface area contributed by atoms with E-state index in [1.807, 2.05) is 31.3 Å². The van der Waals surface area contributed by atoms with Gasteiger partial charge < -0.3 is 14.5 Å². The van der Waals surface area contributed by atoms with Gasteiger partial charge in [0.25, 0.3) is 5.91 Å². The average molecular weight is 320 g/mol. The molecule has 0 aromatic heterocycles. The summed E-state index contributed by atoms with van der Waals surface area (Å²) >= 11 is 0. The SMILES string of the molecule is CCN(C)c1ccc(C(=O)N(CCC(=O)OC)CC(C)C)cc1. The Labute approximate surface area is 139 Å². The second-order valence-electron chi connectivity index (χ2n) is 6.03. The van der Waals surface area contributed by atoms with E-state index >= 15 is 0 Å². The number of esters is 1. The van der Waals surface area contributed by atoms with E-state index in [0.29, 0.717) is 24.6 Å². The lowest BCUT2D eigenvalue weighted by molar-refractivity contribution is -0.140. The molecular formula is C18H28N2O3. The van der Waals surface area contributed by atoms with Crippen LogP contribution >= 0.6 is 0 Å². The molecule has 0 unspecified atom stereocenters. The molecule has 0 aliphatic carbocycles. The van der Waals surface area contributed by atoms with Crippen molar-refractivity contribution >= 4 is 17.6 Å². The summed E-state index contributed by atoms with van der Waals surface area (Å²) in [6, 6.07) is 7.58. The molecule has 1 amide bonds. The highest BCUT2D eigenvalue weighted by atomic mass is 16.5. The van der Waals surface area contributed by atoms with E-state index in [4.69, 9.17) is 0 Å². The fraction of sp³-hybridized carbons (Fsp3) is 0.556. The fourth-order valence-corrected chi connectivity index (χ4v) is 2.27. The highest BCUT2D eigenvalue weighted by Gasteiger charge is 2.18. The smallest absolute Gasteiger partial charge is 0.307 e. The van der Waals surface area contributed by atoms with Gasteiger partial charge in [-0.15, -0.1) is 0 Å². The van der Waals surface area contributed by atoms with E-state index in [2.05, 4.69) is 30.4 Å². The quantitative estimate of drug-likeness (QED) is 0.691. The average Bonchev–Trinajstić information content (AvgIpc) is 2.56. The maximum atomic E-state index is 12.7. The summed E-state index contributed by atoms with van der Waals surface area (Å²) in [5.41, 5.74) is 1.72. The monoisotopic (exact) mass is 320 g/mol. The molecule has 1 rings (SSSR count). The first-order valence-corrected chi connectivity index (χ1v) is 8.06.